The molecule has 0 saturated carbocycles. The first-order valence-electron chi connectivity index (χ1n) is 9.70. The molecule has 1 aromatic carbocycles. The Morgan fingerprint density at radius 3 is 2.03 bits per heavy atom. The molecule has 0 fully saturated rings. The number of benzene rings is 1. The van der Waals surface area contributed by atoms with Gasteiger partial charge in [0.05, 0.1) is 0 Å². The van der Waals surface area contributed by atoms with Gasteiger partial charge in [-0.2, -0.15) is 20.5 Å². The van der Waals surface area contributed by atoms with Gasteiger partial charge in [-0.25, -0.2) is 13.2 Å². The summed E-state index contributed by atoms with van der Waals surface area (Å²) in [5.41, 5.74) is 0. The molecule has 170 valence electrons. The fourth-order valence-electron chi connectivity index (χ4n) is 2.58. The van der Waals surface area contributed by atoms with Crippen molar-refractivity contribution in [2.75, 3.05) is 12.8 Å². The van der Waals surface area contributed by atoms with E-state index in [4.69, 9.17) is 0 Å². The molecule has 0 aliphatic carbocycles. The Labute approximate surface area is 176 Å². The third kappa shape index (κ3) is 8.49. The van der Waals surface area contributed by atoms with Crippen LogP contribution in [0.15, 0.2) is 0 Å². The number of ether oxygens (including phenoxy) is 1. The summed E-state index contributed by atoms with van der Waals surface area (Å²) in [5, 5.41) is 3.34. The molecule has 0 saturated heterocycles. The lowest BCUT2D eigenvalue weighted by molar-refractivity contribution is -0.135. The van der Waals surface area contributed by atoms with E-state index in [9.17, 15) is 31.5 Å². The minimum Gasteiger partial charge on any atom is -0.420 e. The molecule has 1 N–H and O–H groups in total. The Balaban J connectivity index is 2.25. The molecule has 30 heavy (non-hydrogen) atoms. The van der Waals surface area contributed by atoms with Gasteiger partial charge in [-0.3, -0.25) is 9.59 Å². The Bertz CT molecular complexity index is 704. The summed E-state index contributed by atoms with van der Waals surface area (Å²) in [4.78, 5) is 23.3. The molecule has 1 aromatic rings. The third-order valence-electron chi connectivity index (χ3n) is 4.43. The molecule has 0 aliphatic rings. The van der Waals surface area contributed by atoms with Gasteiger partial charge in [0.15, 0.2) is 0 Å². The van der Waals surface area contributed by atoms with E-state index >= 15 is 0 Å². The lowest BCUT2D eigenvalue weighted by Crippen LogP contribution is -2.24. The molecule has 1 amide bonds. The summed E-state index contributed by atoms with van der Waals surface area (Å²) in [6, 6.07) is 0. The maximum absolute atomic E-state index is 13.5. The molecule has 0 radical (unpaired) electrons. The van der Waals surface area contributed by atoms with E-state index in [1.165, 1.54) is 0 Å². The van der Waals surface area contributed by atoms with Crippen LogP contribution in [0.4, 0.5) is 22.0 Å². The quantitative estimate of drug-likeness (QED) is 0.110. The average molecular weight is 455 g/mol. The SMILES string of the molecule is CSC(C)CCCCCCNC(=O)CCCC(=O)Oc1c(F)c(F)c(F)c(F)c1F. The van der Waals surface area contributed by atoms with Gasteiger partial charge in [0, 0.05) is 24.6 Å². The molecule has 1 unspecified atom stereocenters. The van der Waals surface area contributed by atoms with Crippen LogP contribution in [0, 0.1) is 29.1 Å². The molecule has 0 spiro atoms. The van der Waals surface area contributed by atoms with Crippen LogP contribution in [0.3, 0.4) is 0 Å². The highest BCUT2D eigenvalue weighted by Crippen LogP contribution is 2.29. The highest BCUT2D eigenvalue weighted by atomic mass is 32.2. The van der Waals surface area contributed by atoms with Crippen molar-refractivity contribution in [3.05, 3.63) is 29.1 Å². The Morgan fingerprint density at radius 2 is 1.43 bits per heavy atom. The maximum Gasteiger partial charge on any atom is 0.311 e. The number of nitrogens with one attached hydrogen (secondary N) is 1. The molecule has 1 atom stereocenters. The van der Waals surface area contributed by atoms with E-state index in [1.54, 1.807) is 0 Å². The normalized spacial score (nSPS) is 12.0. The Morgan fingerprint density at radius 1 is 0.867 bits per heavy atom. The zero-order valence-corrected chi connectivity index (χ0v) is 17.8. The van der Waals surface area contributed by atoms with Crippen molar-refractivity contribution in [3.63, 3.8) is 0 Å². The van der Waals surface area contributed by atoms with Crippen LogP contribution in [0.25, 0.3) is 0 Å². The number of halogens is 5. The summed E-state index contributed by atoms with van der Waals surface area (Å²) in [6.45, 7) is 2.69. The predicted molar refractivity (Wildman–Crippen MR) is 105 cm³/mol. The highest BCUT2D eigenvalue weighted by Gasteiger charge is 2.28. The van der Waals surface area contributed by atoms with Gasteiger partial charge in [0.25, 0.3) is 0 Å². The van der Waals surface area contributed by atoms with Crippen molar-refractivity contribution < 1.29 is 36.3 Å². The van der Waals surface area contributed by atoms with E-state index < -0.39 is 47.2 Å². The zero-order chi connectivity index (χ0) is 22.7. The maximum atomic E-state index is 13.5. The minimum absolute atomic E-state index is 0.00658. The summed E-state index contributed by atoms with van der Waals surface area (Å²) in [6.07, 6.45) is 6.86. The van der Waals surface area contributed by atoms with Crippen molar-refractivity contribution in [2.24, 2.45) is 0 Å². The van der Waals surface area contributed by atoms with Crippen LogP contribution in [0.1, 0.15) is 58.3 Å². The number of hydrogen-bond donors (Lipinski definition) is 1. The number of carbonyl (C=O) groups is 2. The van der Waals surface area contributed by atoms with Crippen molar-refractivity contribution in [2.45, 2.75) is 63.5 Å². The van der Waals surface area contributed by atoms with Crippen molar-refractivity contribution in [1.29, 1.82) is 0 Å². The monoisotopic (exact) mass is 455 g/mol. The average Bonchev–Trinajstić information content (AvgIpc) is 2.73. The van der Waals surface area contributed by atoms with Crippen LogP contribution in [0.2, 0.25) is 0 Å². The molecule has 0 bridgehead atoms. The predicted octanol–water partition coefficient (Wildman–Crippen LogP) is 5.28. The second-order valence-corrected chi connectivity index (χ2v) is 8.10. The van der Waals surface area contributed by atoms with Crippen molar-refractivity contribution in [3.8, 4) is 5.75 Å². The fourth-order valence-corrected chi connectivity index (χ4v) is 2.98. The van der Waals surface area contributed by atoms with E-state index in [0.717, 1.165) is 32.1 Å². The second-order valence-electron chi connectivity index (χ2n) is 6.83. The molecular weight excluding hydrogens is 429 g/mol. The fraction of sp³-hybridized carbons (Fsp3) is 0.600. The molecule has 1 rings (SSSR count). The van der Waals surface area contributed by atoms with Gasteiger partial charge in [0.1, 0.15) is 0 Å². The number of unbranched alkanes of at least 4 members (excludes halogenated alkanes) is 3. The molecule has 10 heteroatoms. The van der Waals surface area contributed by atoms with E-state index in [-0.39, 0.29) is 18.7 Å². The molecule has 0 aliphatic heterocycles. The summed E-state index contributed by atoms with van der Waals surface area (Å²) in [7, 11) is 0. The van der Waals surface area contributed by atoms with Crippen LogP contribution < -0.4 is 10.1 Å². The lowest BCUT2D eigenvalue weighted by Gasteiger charge is -2.09. The highest BCUT2D eigenvalue weighted by molar-refractivity contribution is 7.99. The van der Waals surface area contributed by atoms with Gasteiger partial charge in [-0.05, 0) is 25.5 Å². The molecule has 4 nitrogen and oxygen atoms in total. The van der Waals surface area contributed by atoms with Crippen LogP contribution in [-0.2, 0) is 9.59 Å². The topological polar surface area (TPSA) is 55.4 Å². The number of rotatable bonds is 13. The first-order valence-corrected chi connectivity index (χ1v) is 11.0. The smallest absolute Gasteiger partial charge is 0.311 e. The summed E-state index contributed by atoms with van der Waals surface area (Å²) in [5.74, 6) is -14.3. The van der Waals surface area contributed by atoms with Gasteiger partial charge < -0.3 is 10.1 Å². The van der Waals surface area contributed by atoms with Crippen LogP contribution in [0.5, 0.6) is 5.75 Å². The van der Waals surface area contributed by atoms with Crippen LogP contribution in [-0.4, -0.2) is 29.9 Å². The van der Waals surface area contributed by atoms with Gasteiger partial charge in [-0.15, -0.1) is 0 Å². The lowest BCUT2D eigenvalue weighted by atomic mass is 10.1. The number of carbonyl (C=O) groups excluding carboxylic acids is 2. The standard InChI is InChI=1S/C20H26F5NO3S/c1-12(30-2)8-5-3-4-6-11-26-13(27)9-7-10-14(28)29-20-18(24)16(22)15(21)17(23)19(20)25/h12H,3-11H2,1-2H3,(H,26,27). The second kappa shape index (κ2) is 13.5. The zero-order valence-electron chi connectivity index (χ0n) is 17.0. The van der Waals surface area contributed by atoms with Crippen molar-refractivity contribution in [1.82, 2.24) is 5.32 Å². The number of thioether (sulfide) groups is 1. The Kier molecular flexibility index (Phi) is 11.8. The van der Waals surface area contributed by atoms with Gasteiger partial charge >= 0.3 is 5.97 Å². The van der Waals surface area contributed by atoms with Crippen LogP contribution >= 0.6 is 11.8 Å². The Hall–Kier alpha value is -1.84. The minimum atomic E-state index is -2.34. The first-order chi connectivity index (χ1) is 14.2. The van der Waals surface area contributed by atoms with E-state index in [0.29, 0.717) is 11.8 Å². The third-order valence-corrected chi connectivity index (χ3v) is 5.47. The largest absolute Gasteiger partial charge is 0.420 e. The number of esters is 1. The van der Waals surface area contributed by atoms with Gasteiger partial charge in [0.2, 0.25) is 40.7 Å². The first kappa shape index (κ1) is 26.2. The number of hydrogen-bond acceptors (Lipinski definition) is 4. The van der Waals surface area contributed by atoms with Crippen molar-refractivity contribution >= 4 is 23.6 Å². The van der Waals surface area contributed by atoms with Gasteiger partial charge in [-0.1, -0.05) is 26.2 Å². The summed E-state index contributed by atoms with van der Waals surface area (Å²) >= 11 is 1.83. The number of amides is 1. The molecular formula is C20H26F5NO3S. The molecule has 0 heterocycles. The molecule has 0 aromatic heterocycles. The van der Waals surface area contributed by atoms with E-state index in [2.05, 4.69) is 23.2 Å². The summed E-state index contributed by atoms with van der Waals surface area (Å²) < 4.78 is 70.3. The van der Waals surface area contributed by atoms with E-state index in [1.807, 2.05) is 11.8 Å².